The van der Waals surface area contributed by atoms with Crippen LogP contribution in [-0.4, -0.2) is 17.3 Å². The summed E-state index contributed by atoms with van der Waals surface area (Å²) in [5, 5.41) is 3.99. The molecule has 0 radical (unpaired) electrons. The minimum atomic E-state index is -0.368. The average Bonchev–Trinajstić information content (AvgIpc) is 2.86. The second-order valence-corrected chi connectivity index (χ2v) is 4.89. The first-order chi connectivity index (χ1) is 9.73. The van der Waals surface area contributed by atoms with E-state index in [1.807, 2.05) is 12.1 Å². The van der Waals surface area contributed by atoms with Crippen LogP contribution in [0.15, 0.2) is 28.8 Å². The molecule has 0 bridgehead atoms. The van der Waals surface area contributed by atoms with E-state index in [2.05, 4.69) is 10.1 Å². The lowest BCUT2D eigenvalue weighted by molar-refractivity contribution is -0.0858. The highest BCUT2D eigenvalue weighted by Crippen LogP contribution is 2.42. The van der Waals surface area contributed by atoms with E-state index in [0.29, 0.717) is 23.2 Å². The molecule has 1 heterocycles. The molecule has 0 saturated heterocycles. The van der Waals surface area contributed by atoms with Crippen LogP contribution in [-0.2, 0) is 16.9 Å². The Bertz CT molecular complexity index is 587. The maximum absolute atomic E-state index is 5.80. The van der Waals surface area contributed by atoms with E-state index >= 15 is 0 Å². The molecule has 0 aliphatic heterocycles. The molecule has 1 fully saturated rings. The molecule has 0 atom stereocenters. The van der Waals surface area contributed by atoms with Crippen molar-refractivity contribution in [1.82, 2.24) is 10.1 Å². The number of aromatic nitrogens is 2. The number of nitrogens with zero attached hydrogens (tertiary/aromatic N) is 2. The van der Waals surface area contributed by atoms with Crippen molar-refractivity contribution in [3.63, 3.8) is 0 Å². The quantitative estimate of drug-likeness (QED) is 0.843. The number of anilines is 1. The number of benzene rings is 1. The van der Waals surface area contributed by atoms with Gasteiger partial charge in [-0.15, -0.1) is 0 Å². The van der Waals surface area contributed by atoms with Gasteiger partial charge >= 0.3 is 0 Å². The normalized spacial score (nSPS) is 16.6. The van der Waals surface area contributed by atoms with Gasteiger partial charge in [-0.2, -0.15) is 4.98 Å². The minimum absolute atomic E-state index is 0.195. The molecule has 1 saturated carbocycles. The van der Waals surface area contributed by atoms with Crippen LogP contribution in [0.3, 0.4) is 0 Å². The molecule has 1 aliphatic carbocycles. The SMILES string of the molecule is COC1(c2noc(COc3ccccc3N)n2)CCC1. The van der Waals surface area contributed by atoms with Crippen LogP contribution >= 0.6 is 0 Å². The fraction of sp³-hybridized carbons (Fsp3) is 0.429. The molecular formula is C14H17N3O3. The third kappa shape index (κ3) is 2.22. The maximum Gasteiger partial charge on any atom is 0.264 e. The molecule has 1 aliphatic rings. The number of ether oxygens (including phenoxy) is 2. The largest absolute Gasteiger partial charge is 0.482 e. The van der Waals surface area contributed by atoms with Crippen molar-refractivity contribution in [2.24, 2.45) is 0 Å². The molecule has 6 heteroatoms. The number of para-hydroxylation sites is 2. The average molecular weight is 275 g/mol. The zero-order valence-corrected chi connectivity index (χ0v) is 11.3. The van der Waals surface area contributed by atoms with E-state index in [1.165, 1.54) is 0 Å². The highest BCUT2D eigenvalue weighted by atomic mass is 16.5. The lowest BCUT2D eigenvalue weighted by Crippen LogP contribution is -2.37. The Morgan fingerprint density at radius 2 is 2.15 bits per heavy atom. The molecule has 0 spiro atoms. The minimum Gasteiger partial charge on any atom is -0.482 e. The molecule has 3 rings (SSSR count). The Morgan fingerprint density at radius 1 is 1.35 bits per heavy atom. The summed E-state index contributed by atoms with van der Waals surface area (Å²) in [6, 6.07) is 7.29. The van der Waals surface area contributed by atoms with Crippen molar-refractivity contribution >= 4 is 5.69 Å². The zero-order chi connectivity index (χ0) is 14.0. The third-order valence-electron chi connectivity index (χ3n) is 3.70. The van der Waals surface area contributed by atoms with Gasteiger partial charge in [-0.1, -0.05) is 17.3 Å². The van der Waals surface area contributed by atoms with Gasteiger partial charge in [-0.3, -0.25) is 0 Å². The van der Waals surface area contributed by atoms with Gasteiger partial charge < -0.3 is 19.7 Å². The molecule has 2 N–H and O–H groups in total. The first-order valence-electron chi connectivity index (χ1n) is 6.59. The van der Waals surface area contributed by atoms with Crippen molar-refractivity contribution in [2.45, 2.75) is 31.5 Å². The van der Waals surface area contributed by atoms with Gasteiger partial charge in [0.25, 0.3) is 5.89 Å². The fourth-order valence-electron chi connectivity index (χ4n) is 2.27. The fourth-order valence-corrected chi connectivity index (χ4v) is 2.27. The summed E-state index contributed by atoms with van der Waals surface area (Å²) < 4.78 is 16.3. The predicted octanol–water partition coefficient (Wildman–Crippen LogP) is 2.26. The summed E-state index contributed by atoms with van der Waals surface area (Å²) in [7, 11) is 1.68. The van der Waals surface area contributed by atoms with Gasteiger partial charge in [0.15, 0.2) is 6.61 Å². The lowest BCUT2D eigenvalue weighted by atomic mass is 9.79. The van der Waals surface area contributed by atoms with E-state index in [9.17, 15) is 0 Å². The number of hydrogen-bond acceptors (Lipinski definition) is 6. The number of methoxy groups -OCH3 is 1. The molecular weight excluding hydrogens is 258 g/mol. The Labute approximate surface area is 116 Å². The van der Waals surface area contributed by atoms with Crippen molar-refractivity contribution in [1.29, 1.82) is 0 Å². The molecule has 20 heavy (non-hydrogen) atoms. The summed E-state index contributed by atoms with van der Waals surface area (Å²) in [6.07, 6.45) is 2.97. The zero-order valence-electron chi connectivity index (χ0n) is 11.3. The van der Waals surface area contributed by atoms with E-state index in [-0.39, 0.29) is 12.2 Å². The number of hydrogen-bond donors (Lipinski definition) is 1. The second kappa shape index (κ2) is 5.13. The summed E-state index contributed by atoms with van der Waals surface area (Å²) in [5.41, 5.74) is 6.02. The van der Waals surface area contributed by atoms with E-state index < -0.39 is 0 Å². The molecule has 106 valence electrons. The van der Waals surface area contributed by atoms with Gasteiger partial charge in [-0.05, 0) is 31.4 Å². The van der Waals surface area contributed by atoms with Crippen molar-refractivity contribution < 1.29 is 14.0 Å². The number of rotatable bonds is 5. The van der Waals surface area contributed by atoms with E-state index in [1.54, 1.807) is 19.2 Å². The summed E-state index contributed by atoms with van der Waals surface area (Å²) >= 11 is 0. The van der Waals surface area contributed by atoms with Gasteiger partial charge in [0.05, 0.1) is 5.69 Å². The molecule has 0 amide bonds. The molecule has 6 nitrogen and oxygen atoms in total. The van der Waals surface area contributed by atoms with Crippen LogP contribution in [0.4, 0.5) is 5.69 Å². The van der Waals surface area contributed by atoms with Crippen LogP contribution in [0.1, 0.15) is 31.0 Å². The first kappa shape index (κ1) is 12.9. The third-order valence-corrected chi connectivity index (χ3v) is 3.70. The Balaban J connectivity index is 1.67. The van der Waals surface area contributed by atoms with Gasteiger partial charge in [0.1, 0.15) is 11.4 Å². The molecule has 1 aromatic carbocycles. The van der Waals surface area contributed by atoms with Crippen LogP contribution in [0.5, 0.6) is 5.75 Å². The lowest BCUT2D eigenvalue weighted by Gasteiger charge is -2.37. The second-order valence-electron chi connectivity index (χ2n) is 4.89. The molecule has 1 aromatic heterocycles. The number of nitrogens with two attached hydrogens (primary N) is 1. The molecule has 0 unspecified atom stereocenters. The summed E-state index contributed by atoms with van der Waals surface area (Å²) in [6.45, 7) is 0.195. The Hall–Kier alpha value is -2.08. The van der Waals surface area contributed by atoms with E-state index in [4.69, 9.17) is 19.7 Å². The standard InChI is InChI=1S/C14H17N3O3/c1-18-14(7-4-8-14)13-16-12(20-17-13)9-19-11-6-3-2-5-10(11)15/h2-3,5-6H,4,7-9,15H2,1H3. The van der Waals surface area contributed by atoms with E-state index in [0.717, 1.165) is 19.3 Å². The van der Waals surface area contributed by atoms with Crippen LogP contribution in [0.25, 0.3) is 0 Å². The van der Waals surface area contributed by atoms with Gasteiger partial charge in [-0.25, -0.2) is 0 Å². The smallest absolute Gasteiger partial charge is 0.264 e. The van der Waals surface area contributed by atoms with Crippen molar-refractivity contribution in [2.75, 3.05) is 12.8 Å². The maximum atomic E-state index is 5.80. The highest BCUT2D eigenvalue weighted by Gasteiger charge is 2.43. The monoisotopic (exact) mass is 275 g/mol. The van der Waals surface area contributed by atoms with Crippen LogP contribution in [0.2, 0.25) is 0 Å². The van der Waals surface area contributed by atoms with Gasteiger partial charge in [0.2, 0.25) is 5.82 Å². The summed E-state index contributed by atoms with van der Waals surface area (Å²) in [5.74, 6) is 1.63. The topological polar surface area (TPSA) is 83.4 Å². The Kier molecular flexibility index (Phi) is 3.31. The first-order valence-corrected chi connectivity index (χ1v) is 6.59. The van der Waals surface area contributed by atoms with Crippen LogP contribution < -0.4 is 10.5 Å². The molecule has 2 aromatic rings. The van der Waals surface area contributed by atoms with Crippen LogP contribution in [0, 0.1) is 0 Å². The predicted molar refractivity (Wildman–Crippen MR) is 72.0 cm³/mol. The summed E-state index contributed by atoms with van der Waals surface area (Å²) in [4.78, 5) is 4.35. The number of nitrogen functional groups attached to an aromatic ring is 1. The van der Waals surface area contributed by atoms with Gasteiger partial charge in [0, 0.05) is 7.11 Å². The highest BCUT2D eigenvalue weighted by molar-refractivity contribution is 5.51. The van der Waals surface area contributed by atoms with Crippen molar-refractivity contribution in [3.05, 3.63) is 36.0 Å². The van der Waals surface area contributed by atoms with Crippen molar-refractivity contribution in [3.8, 4) is 5.75 Å². The Morgan fingerprint density at radius 3 is 2.80 bits per heavy atom.